The third kappa shape index (κ3) is 4.87. The smallest absolute Gasteiger partial charge is 0.223 e. The number of nitrogens with one attached hydrogen (secondary N) is 2. The summed E-state index contributed by atoms with van der Waals surface area (Å²) in [5.74, 6) is -0.940. The summed E-state index contributed by atoms with van der Waals surface area (Å²) >= 11 is 0. The maximum atomic E-state index is 13.7. The van der Waals surface area contributed by atoms with E-state index in [0.29, 0.717) is 19.0 Å². The number of halogens is 2. The standard InChI is InChI=1S/C18H19F2N3O3/c19-12-3-4-13(14(20)9-12)15-10-23-17(26-15)6-5-16(24)21-7-8-22-18(25)11-1-2-11/h3-4,9-11H,1-2,5-8H2,(H,21,24)(H,22,25). The third-order valence-corrected chi connectivity index (χ3v) is 4.01. The van der Waals surface area contributed by atoms with E-state index < -0.39 is 11.6 Å². The molecular weight excluding hydrogens is 344 g/mol. The van der Waals surface area contributed by atoms with Gasteiger partial charge in [-0.1, -0.05) is 0 Å². The van der Waals surface area contributed by atoms with E-state index >= 15 is 0 Å². The van der Waals surface area contributed by atoms with Crippen LogP contribution in [0.1, 0.15) is 25.2 Å². The molecule has 8 heteroatoms. The maximum Gasteiger partial charge on any atom is 0.223 e. The molecule has 3 rings (SSSR count). The zero-order valence-corrected chi connectivity index (χ0v) is 14.1. The number of aryl methyl sites for hydroxylation is 1. The Balaban J connectivity index is 1.41. The fraction of sp³-hybridized carbons (Fsp3) is 0.389. The van der Waals surface area contributed by atoms with Crippen molar-refractivity contribution in [1.29, 1.82) is 0 Å². The largest absolute Gasteiger partial charge is 0.441 e. The lowest BCUT2D eigenvalue weighted by Crippen LogP contribution is -2.35. The van der Waals surface area contributed by atoms with Crippen LogP contribution in [0, 0.1) is 17.6 Å². The third-order valence-electron chi connectivity index (χ3n) is 4.01. The van der Waals surface area contributed by atoms with Gasteiger partial charge in [0.05, 0.1) is 11.8 Å². The molecule has 1 aliphatic rings. The highest BCUT2D eigenvalue weighted by molar-refractivity contribution is 5.81. The number of nitrogens with zero attached hydrogens (tertiary/aromatic N) is 1. The summed E-state index contributed by atoms with van der Waals surface area (Å²) in [6.45, 7) is 0.753. The highest BCUT2D eigenvalue weighted by atomic mass is 19.1. The van der Waals surface area contributed by atoms with Crippen LogP contribution in [-0.2, 0) is 16.0 Å². The van der Waals surface area contributed by atoms with E-state index in [1.54, 1.807) is 0 Å². The first kappa shape index (κ1) is 18.0. The zero-order chi connectivity index (χ0) is 18.5. The molecule has 26 heavy (non-hydrogen) atoms. The molecule has 1 saturated carbocycles. The Kier molecular flexibility index (Phi) is 5.60. The summed E-state index contributed by atoms with van der Waals surface area (Å²) in [5.41, 5.74) is 0.112. The number of aromatic nitrogens is 1. The average molecular weight is 363 g/mol. The predicted octanol–water partition coefficient (Wildman–Crippen LogP) is 2.19. The van der Waals surface area contributed by atoms with Crippen LogP contribution in [0.4, 0.5) is 8.78 Å². The molecule has 2 N–H and O–H groups in total. The summed E-state index contributed by atoms with van der Waals surface area (Å²) in [7, 11) is 0. The van der Waals surface area contributed by atoms with Crippen LogP contribution in [0.2, 0.25) is 0 Å². The van der Waals surface area contributed by atoms with Gasteiger partial charge < -0.3 is 15.1 Å². The monoisotopic (exact) mass is 363 g/mol. The lowest BCUT2D eigenvalue weighted by Gasteiger charge is -2.06. The number of hydrogen-bond acceptors (Lipinski definition) is 4. The van der Waals surface area contributed by atoms with Crippen molar-refractivity contribution in [2.24, 2.45) is 5.92 Å². The Bertz CT molecular complexity index is 803. The van der Waals surface area contributed by atoms with Gasteiger partial charge in [0.25, 0.3) is 0 Å². The van der Waals surface area contributed by atoms with Crippen LogP contribution in [0.25, 0.3) is 11.3 Å². The van der Waals surface area contributed by atoms with E-state index in [-0.39, 0.29) is 41.9 Å². The molecule has 0 atom stereocenters. The van der Waals surface area contributed by atoms with Crippen LogP contribution in [0.5, 0.6) is 0 Å². The molecule has 6 nitrogen and oxygen atoms in total. The fourth-order valence-electron chi connectivity index (χ4n) is 2.43. The van der Waals surface area contributed by atoms with Crippen molar-refractivity contribution in [3.63, 3.8) is 0 Å². The van der Waals surface area contributed by atoms with Gasteiger partial charge in [0.2, 0.25) is 11.8 Å². The van der Waals surface area contributed by atoms with Crippen molar-refractivity contribution >= 4 is 11.8 Å². The first-order valence-electron chi connectivity index (χ1n) is 8.47. The molecule has 0 spiro atoms. The lowest BCUT2D eigenvalue weighted by molar-refractivity contribution is -0.123. The van der Waals surface area contributed by atoms with Crippen molar-refractivity contribution in [3.8, 4) is 11.3 Å². The van der Waals surface area contributed by atoms with Crippen molar-refractivity contribution in [2.45, 2.75) is 25.7 Å². The quantitative estimate of drug-likeness (QED) is 0.704. The van der Waals surface area contributed by atoms with Crippen LogP contribution >= 0.6 is 0 Å². The van der Waals surface area contributed by atoms with E-state index in [4.69, 9.17) is 4.42 Å². The first-order valence-corrected chi connectivity index (χ1v) is 8.47. The van der Waals surface area contributed by atoms with E-state index in [1.165, 1.54) is 12.3 Å². The number of oxazole rings is 1. The number of hydrogen-bond donors (Lipinski definition) is 2. The van der Waals surface area contributed by atoms with Crippen molar-refractivity contribution in [1.82, 2.24) is 15.6 Å². The molecule has 138 valence electrons. The summed E-state index contributed by atoms with van der Waals surface area (Å²) < 4.78 is 32.1. The summed E-state index contributed by atoms with van der Waals surface area (Å²) in [6.07, 6.45) is 3.64. The first-order chi connectivity index (χ1) is 12.5. The molecule has 1 aliphatic carbocycles. The molecule has 0 radical (unpaired) electrons. The molecule has 2 aromatic rings. The van der Waals surface area contributed by atoms with E-state index in [0.717, 1.165) is 25.0 Å². The molecule has 0 saturated heterocycles. The molecule has 1 heterocycles. The normalized spacial score (nSPS) is 13.5. The maximum absolute atomic E-state index is 13.7. The van der Waals surface area contributed by atoms with E-state index in [2.05, 4.69) is 15.6 Å². The average Bonchev–Trinajstić information content (AvgIpc) is 3.36. The van der Waals surface area contributed by atoms with Gasteiger partial charge in [-0.3, -0.25) is 9.59 Å². The van der Waals surface area contributed by atoms with Crippen LogP contribution < -0.4 is 10.6 Å². The molecule has 0 bridgehead atoms. The lowest BCUT2D eigenvalue weighted by atomic mass is 10.2. The highest BCUT2D eigenvalue weighted by Gasteiger charge is 2.28. The van der Waals surface area contributed by atoms with Gasteiger partial charge in [0.15, 0.2) is 11.7 Å². The minimum atomic E-state index is -0.737. The van der Waals surface area contributed by atoms with Gasteiger partial charge in [-0.05, 0) is 25.0 Å². The topological polar surface area (TPSA) is 84.2 Å². The molecule has 1 aromatic heterocycles. The van der Waals surface area contributed by atoms with Gasteiger partial charge in [0, 0.05) is 37.9 Å². The minimum absolute atomic E-state index is 0.0413. The second-order valence-electron chi connectivity index (χ2n) is 6.16. The number of rotatable bonds is 8. The summed E-state index contributed by atoms with van der Waals surface area (Å²) in [4.78, 5) is 27.2. The Morgan fingerprint density at radius 3 is 2.69 bits per heavy atom. The van der Waals surface area contributed by atoms with Crippen LogP contribution in [0.15, 0.2) is 28.8 Å². The second-order valence-corrected chi connectivity index (χ2v) is 6.16. The zero-order valence-electron chi connectivity index (χ0n) is 14.1. The molecule has 1 aromatic carbocycles. The number of amides is 2. The van der Waals surface area contributed by atoms with Gasteiger partial charge in [-0.15, -0.1) is 0 Å². The van der Waals surface area contributed by atoms with E-state index in [9.17, 15) is 18.4 Å². The molecule has 1 fully saturated rings. The second kappa shape index (κ2) is 8.07. The van der Waals surface area contributed by atoms with Crippen LogP contribution in [-0.4, -0.2) is 29.9 Å². The molecular formula is C18H19F2N3O3. The SMILES string of the molecule is O=C(CCc1ncc(-c2ccc(F)cc2F)o1)NCCNC(=O)C1CC1. The number of benzene rings is 1. The highest BCUT2D eigenvalue weighted by Crippen LogP contribution is 2.28. The van der Waals surface area contributed by atoms with Crippen molar-refractivity contribution in [2.75, 3.05) is 13.1 Å². The van der Waals surface area contributed by atoms with Gasteiger partial charge in [-0.25, -0.2) is 13.8 Å². The van der Waals surface area contributed by atoms with Crippen molar-refractivity contribution < 1.29 is 22.8 Å². The van der Waals surface area contributed by atoms with Crippen molar-refractivity contribution in [3.05, 3.63) is 41.9 Å². The number of carbonyl (C=O) groups excluding carboxylic acids is 2. The van der Waals surface area contributed by atoms with E-state index in [1.807, 2.05) is 0 Å². The summed E-state index contributed by atoms with van der Waals surface area (Å²) in [6, 6.07) is 3.18. The van der Waals surface area contributed by atoms with Crippen LogP contribution in [0.3, 0.4) is 0 Å². The molecule has 0 aliphatic heterocycles. The van der Waals surface area contributed by atoms with Gasteiger partial charge in [-0.2, -0.15) is 0 Å². The minimum Gasteiger partial charge on any atom is -0.441 e. The predicted molar refractivity (Wildman–Crippen MR) is 88.9 cm³/mol. The Morgan fingerprint density at radius 2 is 1.96 bits per heavy atom. The Hall–Kier alpha value is -2.77. The fourth-order valence-corrected chi connectivity index (χ4v) is 2.43. The molecule has 0 unspecified atom stereocenters. The molecule has 2 amide bonds. The Morgan fingerprint density at radius 1 is 1.19 bits per heavy atom. The summed E-state index contributed by atoms with van der Waals surface area (Å²) in [5, 5.41) is 5.45. The van der Waals surface area contributed by atoms with Gasteiger partial charge >= 0.3 is 0 Å². The number of carbonyl (C=O) groups is 2. The van der Waals surface area contributed by atoms with Gasteiger partial charge in [0.1, 0.15) is 11.6 Å². The Labute approximate surface area is 149 Å².